The number of carbonyl (C=O) groups excluding carboxylic acids is 5. The van der Waals surface area contributed by atoms with Gasteiger partial charge in [0.05, 0.1) is 31.4 Å². The van der Waals surface area contributed by atoms with Gasteiger partial charge < -0.3 is 27.0 Å². The maximum absolute atomic E-state index is 11.9. The number of likely N-dealkylation sites (N-methyl/N-ethyl adjacent to an activating group) is 1. The van der Waals surface area contributed by atoms with E-state index in [1.165, 1.54) is 18.7 Å². The van der Waals surface area contributed by atoms with E-state index in [2.05, 4.69) is 21.3 Å². The highest BCUT2D eigenvalue weighted by Crippen LogP contribution is 2.03. The van der Waals surface area contributed by atoms with E-state index >= 15 is 0 Å². The van der Waals surface area contributed by atoms with Gasteiger partial charge >= 0.3 is 0 Å². The summed E-state index contributed by atoms with van der Waals surface area (Å²) in [6, 6.07) is -0.541. The summed E-state index contributed by atoms with van der Waals surface area (Å²) in [5, 5.41) is 9.72. The minimum absolute atomic E-state index is 0.0178. The zero-order valence-corrected chi connectivity index (χ0v) is 14.5. The van der Waals surface area contributed by atoms with Gasteiger partial charge in [0.2, 0.25) is 23.6 Å². The molecule has 10 nitrogen and oxygen atoms in total. The molecule has 24 heavy (non-hydrogen) atoms. The number of hydrogen-bond acceptors (Lipinski definition) is 7. The molecular weight excluding hydrogens is 338 g/mol. The summed E-state index contributed by atoms with van der Waals surface area (Å²) >= 11 is 1.31. The van der Waals surface area contributed by atoms with Gasteiger partial charge in [-0.25, -0.2) is 0 Å². The van der Waals surface area contributed by atoms with E-state index < -0.39 is 23.8 Å². The summed E-state index contributed by atoms with van der Waals surface area (Å²) < 4.78 is 0. The zero-order chi connectivity index (χ0) is 18.5. The lowest BCUT2D eigenvalue weighted by Crippen LogP contribution is -2.48. The van der Waals surface area contributed by atoms with Crippen molar-refractivity contribution in [1.29, 1.82) is 0 Å². The van der Waals surface area contributed by atoms with Gasteiger partial charge in [-0.2, -0.15) is 11.8 Å². The predicted octanol–water partition coefficient (Wildman–Crippen LogP) is -3.27. The summed E-state index contributed by atoms with van der Waals surface area (Å²) in [6.45, 7) is 0.530. The molecule has 0 saturated heterocycles. The standard InChI is InChI=1S/C13H23N5O5S/c1-8(19)6-24-7-9(15-2)13(23)18-5-12(22)17-4-11(21)16-3-10(14)20/h9,15H,3-7H2,1-2H3,(H2,14,20)(H,16,21)(H,17,22)(H,18,23)/t9-/m1/s1. The maximum Gasteiger partial charge on any atom is 0.239 e. The Morgan fingerprint density at radius 3 is 2.00 bits per heavy atom. The first-order valence-corrected chi connectivity index (χ1v) is 8.25. The van der Waals surface area contributed by atoms with Crippen LogP contribution in [0.5, 0.6) is 0 Å². The summed E-state index contributed by atoms with van der Waals surface area (Å²) in [5.74, 6) is -1.48. The van der Waals surface area contributed by atoms with Gasteiger partial charge in [-0.1, -0.05) is 0 Å². The maximum atomic E-state index is 11.9. The van der Waals surface area contributed by atoms with E-state index in [1.807, 2.05) is 0 Å². The molecule has 0 unspecified atom stereocenters. The fourth-order valence-corrected chi connectivity index (χ4v) is 2.35. The Morgan fingerprint density at radius 1 is 0.958 bits per heavy atom. The molecular formula is C13H23N5O5S. The minimum atomic E-state index is -0.692. The molecule has 4 amide bonds. The average molecular weight is 361 g/mol. The van der Waals surface area contributed by atoms with Crippen LogP contribution in [0.4, 0.5) is 0 Å². The van der Waals surface area contributed by atoms with E-state index in [0.717, 1.165) is 0 Å². The van der Waals surface area contributed by atoms with Crippen molar-refractivity contribution in [3.8, 4) is 0 Å². The first kappa shape index (κ1) is 21.9. The molecule has 0 aliphatic rings. The summed E-state index contributed by atoms with van der Waals surface area (Å²) in [7, 11) is 1.60. The van der Waals surface area contributed by atoms with Gasteiger partial charge in [0.25, 0.3) is 0 Å². The van der Waals surface area contributed by atoms with E-state index in [9.17, 15) is 24.0 Å². The molecule has 0 heterocycles. The van der Waals surface area contributed by atoms with Crippen LogP contribution in [0, 0.1) is 0 Å². The molecule has 0 aromatic carbocycles. The Labute approximate surface area is 144 Å². The van der Waals surface area contributed by atoms with Gasteiger partial charge in [-0.05, 0) is 14.0 Å². The van der Waals surface area contributed by atoms with Gasteiger partial charge in [0.15, 0.2) is 0 Å². The van der Waals surface area contributed by atoms with Gasteiger partial charge in [-0.15, -0.1) is 0 Å². The molecule has 0 bridgehead atoms. The lowest BCUT2D eigenvalue weighted by molar-refractivity contribution is -0.128. The SMILES string of the molecule is CN[C@H](CSCC(C)=O)C(=O)NCC(=O)NCC(=O)NCC(N)=O. The molecule has 0 fully saturated rings. The number of amides is 4. The van der Waals surface area contributed by atoms with Gasteiger partial charge in [0.1, 0.15) is 5.78 Å². The fourth-order valence-electron chi connectivity index (χ4n) is 1.39. The number of nitrogens with two attached hydrogens (primary N) is 1. The van der Waals surface area contributed by atoms with Crippen molar-refractivity contribution in [2.45, 2.75) is 13.0 Å². The molecule has 0 aliphatic heterocycles. The quantitative estimate of drug-likeness (QED) is 0.244. The monoisotopic (exact) mass is 361 g/mol. The third-order valence-corrected chi connectivity index (χ3v) is 3.76. The van der Waals surface area contributed by atoms with Crippen LogP contribution >= 0.6 is 11.8 Å². The van der Waals surface area contributed by atoms with Crippen molar-refractivity contribution >= 4 is 41.2 Å². The number of Topliss-reactive ketones (excluding diaryl/α,β-unsaturated/α-hetero) is 1. The Hall–Kier alpha value is -2.14. The number of carbonyl (C=O) groups is 5. The number of nitrogens with one attached hydrogen (secondary N) is 4. The number of ketones is 1. The highest BCUT2D eigenvalue weighted by atomic mass is 32.2. The summed E-state index contributed by atoms with van der Waals surface area (Å²) in [5.41, 5.74) is 4.86. The second-order valence-electron chi connectivity index (χ2n) is 4.80. The van der Waals surface area contributed by atoms with Crippen molar-refractivity contribution in [2.75, 3.05) is 38.2 Å². The van der Waals surface area contributed by atoms with Gasteiger partial charge in [-0.3, -0.25) is 24.0 Å². The molecule has 11 heteroatoms. The number of primary amides is 1. The highest BCUT2D eigenvalue weighted by Gasteiger charge is 2.17. The number of rotatable bonds is 12. The van der Waals surface area contributed by atoms with E-state index in [1.54, 1.807) is 7.05 Å². The Balaban J connectivity index is 4.01. The van der Waals surface area contributed by atoms with Crippen molar-refractivity contribution in [3.63, 3.8) is 0 Å². The van der Waals surface area contributed by atoms with Crippen LogP contribution in [0.3, 0.4) is 0 Å². The molecule has 0 aromatic heterocycles. The lowest BCUT2D eigenvalue weighted by atomic mass is 10.3. The summed E-state index contributed by atoms with van der Waals surface area (Å²) in [4.78, 5) is 56.0. The largest absolute Gasteiger partial charge is 0.368 e. The van der Waals surface area contributed by atoms with Crippen LogP contribution in [0.1, 0.15) is 6.92 Å². The average Bonchev–Trinajstić information content (AvgIpc) is 2.52. The lowest BCUT2D eigenvalue weighted by Gasteiger charge is -2.15. The van der Waals surface area contributed by atoms with Crippen molar-refractivity contribution in [2.24, 2.45) is 5.73 Å². The normalized spacial score (nSPS) is 11.2. The molecule has 0 rings (SSSR count). The van der Waals surface area contributed by atoms with Crippen LogP contribution in [0.25, 0.3) is 0 Å². The molecule has 0 aliphatic carbocycles. The first-order valence-electron chi connectivity index (χ1n) is 7.10. The molecule has 1 atom stereocenters. The van der Waals surface area contributed by atoms with E-state index in [0.29, 0.717) is 11.5 Å². The van der Waals surface area contributed by atoms with E-state index in [-0.39, 0.29) is 31.3 Å². The third-order valence-electron chi connectivity index (χ3n) is 2.58. The molecule has 0 spiro atoms. The number of thioether (sulfide) groups is 1. The fraction of sp³-hybridized carbons (Fsp3) is 0.615. The predicted molar refractivity (Wildman–Crippen MR) is 89.1 cm³/mol. The van der Waals surface area contributed by atoms with Crippen molar-refractivity contribution in [3.05, 3.63) is 0 Å². The van der Waals surface area contributed by atoms with Crippen molar-refractivity contribution in [1.82, 2.24) is 21.3 Å². The second-order valence-corrected chi connectivity index (χ2v) is 5.83. The topological polar surface area (TPSA) is 159 Å². The third kappa shape index (κ3) is 11.4. The number of hydrogen-bond donors (Lipinski definition) is 5. The summed E-state index contributed by atoms with van der Waals surface area (Å²) in [6.07, 6.45) is 0. The Kier molecular flexibility index (Phi) is 11.2. The highest BCUT2D eigenvalue weighted by molar-refractivity contribution is 8.00. The Morgan fingerprint density at radius 2 is 1.50 bits per heavy atom. The smallest absolute Gasteiger partial charge is 0.239 e. The second kappa shape index (κ2) is 12.3. The molecule has 6 N–H and O–H groups in total. The van der Waals surface area contributed by atoms with Crippen LogP contribution in [-0.2, 0) is 24.0 Å². The first-order chi connectivity index (χ1) is 11.3. The van der Waals surface area contributed by atoms with Crippen molar-refractivity contribution < 1.29 is 24.0 Å². The van der Waals surface area contributed by atoms with Crippen LogP contribution in [-0.4, -0.2) is 73.6 Å². The molecule has 0 saturated carbocycles. The van der Waals surface area contributed by atoms with Gasteiger partial charge in [0, 0.05) is 5.75 Å². The molecule has 0 aromatic rings. The van der Waals surface area contributed by atoms with E-state index in [4.69, 9.17) is 5.73 Å². The zero-order valence-electron chi connectivity index (χ0n) is 13.6. The molecule has 0 radical (unpaired) electrons. The van der Waals surface area contributed by atoms with Crippen LogP contribution in [0.2, 0.25) is 0 Å². The Bertz CT molecular complexity index is 485. The van der Waals surface area contributed by atoms with Crippen LogP contribution < -0.4 is 27.0 Å². The van der Waals surface area contributed by atoms with Crippen LogP contribution in [0.15, 0.2) is 0 Å². The molecule has 136 valence electrons. The minimum Gasteiger partial charge on any atom is -0.368 e.